The lowest BCUT2D eigenvalue weighted by molar-refractivity contribution is -0.140. The van der Waals surface area contributed by atoms with E-state index in [1.807, 2.05) is 0 Å². The second-order valence-corrected chi connectivity index (χ2v) is 6.97. The molecule has 2 aliphatic heterocycles. The Morgan fingerprint density at radius 1 is 1.03 bits per heavy atom. The summed E-state index contributed by atoms with van der Waals surface area (Å²) in [6, 6.07) is 12.7. The summed E-state index contributed by atoms with van der Waals surface area (Å²) in [6.07, 6.45) is 0.0321. The number of carbonyl (C=O) groups excluding carboxylic acids is 2. The second-order valence-electron chi connectivity index (χ2n) is 6.97. The van der Waals surface area contributed by atoms with Gasteiger partial charge in [0.2, 0.25) is 6.79 Å². The van der Waals surface area contributed by atoms with Crippen molar-refractivity contribution in [1.29, 1.82) is 0 Å². The van der Waals surface area contributed by atoms with Gasteiger partial charge in [-0.2, -0.15) is 0 Å². The van der Waals surface area contributed by atoms with E-state index in [1.165, 1.54) is 4.90 Å². The van der Waals surface area contributed by atoms with E-state index in [1.54, 1.807) is 48.5 Å². The van der Waals surface area contributed by atoms with Gasteiger partial charge >= 0.3 is 5.97 Å². The number of fused-ring (bicyclic) bond motifs is 1. The molecule has 1 fully saturated rings. The summed E-state index contributed by atoms with van der Waals surface area (Å²) in [7, 11) is 0. The Morgan fingerprint density at radius 3 is 2.50 bits per heavy atom. The van der Waals surface area contributed by atoms with Crippen molar-refractivity contribution in [3.63, 3.8) is 0 Å². The number of carbonyl (C=O) groups is 3. The molecule has 1 amide bonds. The van der Waals surface area contributed by atoms with Crippen LogP contribution in [0.15, 0.2) is 54.1 Å². The number of aliphatic hydroxyl groups excluding tert-OH is 1. The fourth-order valence-corrected chi connectivity index (χ4v) is 3.69. The number of likely N-dealkylation sites (tertiary alicyclic amines) is 1. The van der Waals surface area contributed by atoms with Gasteiger partial charge in [-0.3, -0.25) is 14.4 Å². The van der Waals surface area contributed by atoms with Gasteiger partial charge in [-0.1, -0.05) is 36.4 Å². The summed E-state index contributed by atoms with van der Waals surface area (Å²) in [4.78, 5) is 37.8. The molecule has 1 atom stereocenters. The number of rotatable bonds is 6. The van der Waals surface area contributed by atoms with Crippen LogP contribution in [-0.2, 0) is 14.4 Å². The maximum absolute atomic E-state index is 12.9. The number of benzene rings is 2. The number of nitrogens with zero attached hydrogens (tertiary/aromatic N) is 1. The van der Waals surface area contributed by atoms with E-state index < -0.39 is 23.7 Å². The van der Waals surface area contributed by atoms with Gasteiger partial charge in [0.05, 0.1) is 11.6 Å². The molecular formula is C22H19NO7. The third-order valence-electron chi connectivity index (χ3n) is 5.09. The molecule has 1 unspecified atom stereocenters. The minimum absolute atomic E-state index is 0.0413. The van der Waals surface area contributed by atoms with E-state index in [9.17, 15) is 19.5 Å². The van der Waals surface area contributed by atoms with E-state index in [2.05, 4.69) is 0 Å². The highest BCUT2D eigenvalue weighted by Gasteiger charge is 2.46. The molecular weight excluding hydrogens is 390 g/mol. The highest BCUT2D eigenvalue weighted by atomic mass is 16.7. The van der Waals surface area contributed by atoms with Crippen molar-refractivity contribution < 1.29 is 34.1 Å². The van der Waals surface area contributed by atoms with Gasteiger partial charge in [-0.25, -0.2) is 0 Å². The highest BCUT2D eigenvalue weighted by molar-refractivity contribution is 6.46. The van der Waals surface area contributed by atoms with Crippen LogP contribution < -0.4 is 9.47 Å². The first kappa shape index (κ1) is 19.5. The van der Waals surface area contributed by atoms with Gasteiger partial charge in [0.15, 0.2) is 11.5 Å². The molecule has 8 heteroatoms. The molecule has 4 rings (SSSR count). The number of hydrogen-bond acceptors (Lipinski definition) is 6. The summed E-state index contributed by atoms with van der Waals surface area (Å²) >= 11 is 0. The number of ketones is 1. The zero-order chi connectivity index (χ0) is 21.3. The maximum Gasteiger partial charge on any atom is 0.303 e. The predicted molar refractivity (Wildman–Crippen MR) is 105 cm³/mol. The lowest BCUT2D eigenvalue weighted by atomic mass is 9.95. The fourth-order valence-electron chi connectivity index (χ4n) is 3.69. The minimum atomic E-state index is -0.990. The van der Waals surface area contributed by atoms with Crippen molar-refractivity contribution in [2.24, 2.45) is 0 Å². The minimum Gasteiger partial charge on any atom is -0.507 e. The van der Waals surface area contributed by atoms with E-state index >= 15 is 0 Å². The normalized spacial score (nSPS) is 19.3. The number of carboxylic acids is 1. The van der Waals surface area contributed by atoms with Crippen LogP contribution in [0.4, 0.5) is 0 Å². The van der Waals surface area contributed by atoms with Crippen molar-refractivity contribution >= 4 is 23.4 Å². The molecule has 2 aromatic rings. The van der Waals surface area contributed by atoms with Gasteiger partial charge < -0.3 is 24.6 Å². The summed E-state index contributed by atoms with van der Waals surface area (Å²) < 4.78 is 10.7. The number of Topliss-reactive ketones (excluding diaryl/α,β-unsaturated/α-hetero) is 1. The fraction of sp³-hybridized carbons (Fsp3) is 0.227. The van der Waals surface area contributed by atoms with E-state index in [4.69, 9.17) is 14.6 Å². The lowest BCUT2D eigenvalue weighted by Gasteiger charge is -2.25. The van der Waals surface area contributed by atoms with Crippen LogP contribution in [0.2, 0.25) is 0 Å². The molecule has 0 aromatic heterocycles. The lowest BCUT2D eigenvalue weighted by Crippen LogP contribution is -2.31. The second kappa shape index (κ2) is 7.90. The largest absolute Gasteiger partial charge is 0.507 e. The smallest absolute Gasteiger partial charge is 0.303 e. The monoisotopic (exact) mass is 409 g/mol. The molecule has 8 nitrogen and oxygen atoms in total. The van der Waals surface area contributed by atoms with E-state index in [-0.39, 0.29) is 37.5 Å². The van der Waals surface area contributed by atoms with Crippen molar-refractivity contribution in [3.05, 3.63) is 65.2 Å². The molecule has 0 spiro atoms. The number of ether oxygens (including phenoxy) is 2. The molecule has 0 saturated carbocycles. The molecule has 30 heavy (non-hydrogen) atoms. The first-order chi connectivity index (χ1) is 14.5. The molecule has 2 aliphatic rings. The molecule has 2 heterocycles. The standard InChI is InChI=1S/C22H19NO7/c24-17(25)7-4-10-23-19(14-8-9-15-16(11-14)30-12-29-15)18(21(27)22(23)28)20(26)13-5-2-1-3-6-13/h1-3,5-6,8-9,11,19,26H,4,7,10,12H2,(H,24,25)/b20-18+. The van der Waals surface area contributed by atoms with Crippen LogP contribution in [-0.4, -0.2) is 46.1 Å². The van der Waals surface area contributed by atoms with Crippen LogP contribution >= 0.6 is 0 Å². The van der Waals surface area contributed by atoms with E-state index in [0.29, 0.717) is 22.6 Å². The Kier molecular flexibility index (Phi) is 5.14. The van der Waals surface area contributed by atoms with Gasteiger partial charge in [0, 0.05) is 18.5 Å². The zero-order valence-electron chi connectivity index (χ0n) is 15.9. The van der Waals surface area contributed by atoms with Gasteiger partial charge in [0.1, 0.15) is 5.76 Å². The molecule has 1 saturated heterocycles. The number of amides is 1. The Balaban J connectivity index is 1.80. The SMILES string of the molecule is O=C(O)CCCN1C(=O)C(=O)/C(=C(/O)c2ccccc2)C1c1ccc2c(c1)OCO2. The Hall–Kier alpha value is -3.81. The quantitative estimate of drug-likeness (QED) is 0.428. The summed E-state index contributed by atoms with van der Waals surface area (Å²) in [6.45, 7) is 0.128. The highest BCUT2D eigenvalue weighted by Crippen LogP contribution is 2.43. The third kappa shape index (κ3) is 3.47. The number of carboxylic acid groups (broad SMARTS) is 1. The first-order valence-electron chi connectivity index (χ1n) is 9.42. The Labute approximate surface area is 171 Å². The maximum atomic E-state index is 12.9. The third-order valence-corrected chi connectivity index (χ3v) is 5.09. The first-order valence-corrected chi connectivity index (χ1v) is 9.42. The van der Waals surface area contributed by atoms with Gasteiger partial charge in [0.25, 0.3) is 11.7 Å². The average molecular weight is 409 g/mol. The Bertz CT molecular complexity index is 1040. The van der Waals surface area contributed by atoms with Crippen LogP contribution in [0.3, 0.4) is 0 Å². The molecule has 2 aromatic carbocycles. The topological polar surface area (TPSA) is 113 Å². The van der Waals surface area contributed by atoms with Crippen molar-refractivity contribution in [1.82, 2.24) is 4.90 Å². The van der Waals surface area contributed by atoms with Crippen LogP contribution in [0.25, 0.3) is 5.76 Å². The Morgan fingerprint density at radius 2 is 1.77 bits per heavy atom. The molecule has 0 bridgehead atoms. The van der Waals surface area contributed by atoms with Crippen LogP contribution in [0.1, 0.15) is 30.0 Å². The average Bonchev–Trinajstić information content (AvgIpc) is 3.31. The summed E-state index contributed by atoms with van der Waals surface area (Å²) in [5.74, 6) is -1.84. The van der Waals surface area contributed by atoms with Crippen molar-refractivity contribution in [2.75, 3.05) is 13.3 Å². The van der Waals surface area contributed by atoms with Crippen molar-refractivity contribution in [3.8, 4) is 11.5 Å². The van der Waals surface area contributed by atoms with E-state index in [0.717, 1.165) is 0 Å². The summed E-state index contributed by atoms with van der Waals surface area (Å²) in [5, 5.41) is 19.8. The van der Waals surface area contributed by atoms with Crippen molar-refractivity contribution in [2.45, 2.75) is 18.9 Å². The molecule has 154 valence electrons. The zero-order valence-corrected chi connectivity index (χ0v) is 15.9. The molecule has 0 aliphatic carbocycles. The van der Waals surface area contributed by atoms with Gasteiger partial charge in [-0.05, 0) is 24.1 Å². The number of aliphatic carboxylic acids is 1. The number of hydrogen-bond donors (Lipinski definition) is 2. The predicted octanol–water partition coefficient (Wildman–Crippen LogP) is 2.70. The van der Waals surface area contributed by atoms with Crippen LogP contribution in [0, 0.1) is 0 Å². The number of aliphatic hydroxyl groups is 1. The molecule has 2 N–H and O–H groups in total. The summed E-state index contributed by atoms with van der Waals surface area (Å²) in [5.41, 5.74) is 0.929. The molecule has 0 radical (unpaired) electrons. The van der Waals surface area contributed by atoms with Crippen LogP contribution in [0.5, 0.6) is 11.5 Å². The van der Waals surface area contributed by atoms with Gasteiger partial charge in [-0.15, -0.1) is 0 Å².